The maximum atomic E-state index is 13.1. The van der Waals surface area contributed by atoms with Crippen LogP contribution in [0.2, 0.25) is 0 Å². The van der Waals surface area contributed by atoms with Crippen LogP contribution >= 0.6 is 0 Å². The molecule has 6 aliphatic rings. The maximum Gasteiger partial charge on any atom is 0.416 e. The van der Waals surface area contributed by atoms with Crippen LogP contribution in [0.15, 0.2) is 60.9 Å². The number of amides is 2. The van der Waals surface area contributed by atoms with Crippen molar-refractivity contribution in [2.75, 3.05) is 46.2 Å². The topological polar surface area (TPSA) is 128 Å². The standard InChI is InChI=1S/C21H22F3N5O.C15H13F3N4.C5H11N/c22-21(23,24)14-5-3-4-13(10-14)18-25-11-17-19(27-18)29(16-8-9-28(17)12-16)20(30)26-15-6-1-2-7-15;16-15(17,18)10-3-1-2-9(6-10)13-19-7-12-14(21-13)20-11-4-5-22(12)8-11;6-5-3-1-2-4-5/h3-5,10-11,15-16H,1-2,6-9,12H2,(H,26,30);1-3,6-7,11H,4-5,8H2,(H,19,20,21);5H,1-4,6H2/t16-;11-;/m00./s1. The minimum atomic E-state index is -4.44. The van der Waals surface area contributed by atoms with Gasteiger partial charge in [0.25, 0.3) is 0 Å². The second kappa shape index (κ2) is 16.2. The second-order valence-corrected chi connectivity index (χ2v) is 15.8. The highest BCUT2D eigenvalue weighted by Crippen LogP contribution is 2.41. The lowest BCUT2D eigenvalue weighted by Crippen LogP contribution is -2.52. The van der Waals surface area contributed by atoms with Gasteiger partial charge in [0.2, 0.25) is 0 Å². The van der Waals surface area contributed by atoms with Gasteiger partial charge in [0, 0.05) is 55.4 Å². The van der Waals surface area contributed by atoms with E-state index in [0.29, 0.717) is 35.1 Å². The number of carbonyl (C=O) groups is 1. The van der Waals surface area contributed by atoms with Gasteiger partial charge in [-0.15, -0.1) is 0 Å². The molecule has 17 heteroatoms. The van der Waals surface area contributed by atoms with Crippen molar-refractivity contribution in [1.82, 2.24) is 25.3 Å². The summed E-state index contributed by atoms with van der Waals surface area (Å²) in [6.45, 7) is 3.41. The normalized spacial score (nSPS) is 21.1. The summed E-state index contributed by atoms with van der Waals surface area (Å²) in [4.78, 5) is 36.7. The van der Waals surface area contributed by atoms with E-state index in [1.807, 2.05) is 0 Å². The van der Waals surface area contributed by atoms with Gasteiger partial charge in [-0.1, -0.05) is 49.9 Å². The molecule has 4 fully saturated rings. The number of anilines is 4. The zero-order chi connectivity index (χ0) is 40.6. The molecule has 2 aliphatic carbocycles. The molecular weight excluding hydrogens is 763 g/mol. The number of hydrogen-bond donors (Lipinski definition) is 3. The summed E-state index contributed by atoms with van der Waals surface area (Å²) in [6.07, 6.45) is 5.79. The number of hydrogen-bond acceptors (Lipinski definition) is 9. The second-order valence-electron chi connectivity index (χ2n) is 15.8. The number of nitrogens with one attached hydrogen (secondary N) is 2. The first kappa shape index (κ1) is 39.6. The predicted molar refractivity (Wildman–Crippen MR) is 210 cm³/mol. The monoisotopic (exact) mass is 808 g/mol. The molecule has 2 aromatic heterocycles. The Hall–Kier alpha value is -5.19. The zero-order valence-corrected chi connectivity index (χ0v) is 31.9. The summed E-state index contributed by atoms with van der Waals surface area (Å²) < 4.78 is 77.8. The fourth-order valence-corrected chi connectivity index (χ4v) is 8.60. The van der Waals surface area contributed by atoms with E-state index >= 15 is 0 Å². The van der Waals surface area contributed by atoms with Gasteiger partial charge >= 0.3 is 18.4 Å². The van der Waals surface area contributed by atoms with Gasteiger partial charge in [0.1, 0.15) is 0 Å². The number of halogens is 6. The fourth-order valence-electron chi connectivity index (χ4n) is 8.60. The average molecular weight is 809 g/mol. The average Bonchev–Trinajstić information content (AvgIpc) is 4.05. The first-order valence-corrected chi connectivity index (χ1v) is 20.0. The van der Waals surface area contributed by atoms with Crippen molar-refractivity contribution in [3.63, 3.8) is 0 Å². The zero-order valence-electron chi connectivity index (χ0n) is 31.9. The van der Waals surface area contributed by atoms with Crippen molar-refractivity contribution < 1.29 is 31.1 Å². The number of rotatable bonds is 3. The Balaban J connectivity index is 0.000000146. The van der Waals surface area contributed by atoms with Crippen LogP contribution in [0, 0.1) is 0 Å². The van der Waals surface area contributed by atoms with Crippen LogP contribution in [0.25, 0.3) is 22.8 Å². The van der Waals surface area contributed by atoms with E-state index in [1.54, 1.807) is 29.4 Å². The van der Waals surface area contributed by atoms with E-state index in [0.717, 1.165) is 100 Å². The van der Waals surface area contributed by atoms with E-state index in [1.165, 1.54) is 37.8 Å². The number of nitrogens with zero attached hydrogens (tertiary/aromatic N) is 7. The number of aromatic nitrogens is 4. The lowest BCUT2D eigenvalue weighted by molar-refractivity contribution is -0.138. The van der Waals surface area contributed by atoms with Crippen molar-refractivity contribution in [1.29, 1.82) is 0 Å². The van der Waals surface area contributed by atoms with Gasteiger partial charge < -0.3 is 26.2 Å². The summed E-state index contributed by atoms with van der Waals surface area (Å²) in [5, 5.41) is 6.45. The molecule has 58 heavy (non-hydrogen) atoms. The van der Waals surface area contributed by atoms with Crippen molar-refractivity contribution in [3.8, 4) is 22.8 Å². The Morgan fingerprint density at radius 1 is 0.724 bits per heavy atom. The molecule has 0 unspecified atom stereocenters. The van der Waals surface area contributed by atoms with Crippen LogP contribution in [0.4, 0.5) is 54.1 Å². The molecule has 0 radical (unpaired) electrons. The first-order chi connectivity index (χ1) is 27.8. The molecule has 4 N–H and O–H groups in total. The highest BCUT2D eigenvalue weighted by molar-refractivity contribution is 5.97. The summed E-state index contributed by atoms with van der Waals surface area (Å²) in [5.41, 5.74) is 6.41. The van der Waals surface area contributed by atoms with Crippen LogP contribution in [-0.4, -0.2) is 76.3 Å². The molecule has 6 heterocycles. The van der Waals surface area contributed by atoms with E-state index in [9.17, 15) is 31.1 Å². The van der Waals surface area contributed by atoms with Crippen molar-refractivity contribution in [2.45, 2.75) is 101 Å². The van der Waals surface area contributed by atoms with Crippen LogP contribution in [0.3, 0.4) is 0 Å². The minimum absolute atomic E-state index is 0.00293. The largest absolute Gasteiger partial charge is 0.416 e. The Morgan fingerprint density at radius 3 is 1.90 bits per heavy atom. The molecule has 4 bridgehead atoms. The summed E-state index contributed by atoms with van der Waals surface area (Å²) in [6, 6.07) is 11.0. The fraction of sp³-hybridized carbons (Fsp3) is 0.488. The van der Waals surface area contributed by atoms with Crippen LogP contribution in [-0.2, 0) is 12.4 Å². The number of urea groups is 1. The maximum absolute atomic E-state index is 13.1. The SMILES string of the molecule is FC(F)(F)c1cccc(-c2ncc3c(n2)N[C@H]2CCN3C2)c1.NC1CCCC1.O=C(NC1CCCC1)N1c2nc(-c3cccc(C(F)(F)F)c3)ncc2N2CC[C@H]1C2. The molecule has 2 saturated heterocycles. The lowest BCUT2D eigenvalue weighted by atomic mass is 10.1. The van der Waals surface area contributed by atoms with Gasteiger partial charge in [-0.05, 0) is 62.8 Å². The highest BCUT2D eigenvalue weighted by Gasteiger charge is 2.41. The van der Waals surface area contributed by atoms with Crippen molar-refractivity contribution in [2.24, 2.45) is 5.73 Å². The Kier molecular flexibility index (Phi) is 11.1. The number of benzene rings is 2. The smallest absolute Gasteiger partial charge is 0.365 e. The summed E-state index contributed by atoms with van der Waals surface area (Å²) >= 11 is 0. The van der Waals surface area contributed by atoms with E-state index in [-0.39, 0.29) is 29.5 Å². The van der Waals surface area contributed by atoms with Gasteiger partial charge in [0.05, 0.1) is 40.9 Å². The summed E-state index contributed by atoms with van der Waals surface area (Å²) in [5.74, 6) is 1.67. The van der Waals surface area contributed by atoms with Crippen LogP contribution in [0.1, 0.15) is 75.3 Å². The third kappa shape index (κ3) is 8.64. The number of fused-ring (bicyclic) bond motifs is 8. The molecule has 10 rings (SSSR count). The van der Waals surface area contributed by atoms with Crippen molar-refractivity contribution >= 4 is 29.0 Å². The number of alkyl halides is 6. The molecule has 308 valence electrons. The molecule has 11 nitrogen and oxygen atoms in total. The summed E-state index contributed by atoms with van der Waals surface area (Å²) in [7, 11) is 0. The molecular formula is C41H46F6N10O. The van der Waals surface area contributed by atoms with Crippen LogP contribution in [0.5, 0.6) is 0 Å². The molecule has 2 saturated carbocycles. The van der Waals surface area contributed by atoms with Gasteiger partial charge in [-0.2, -0.15) is 26.3 Å². The molecule has 2 aromatic carbocycles. The highest BCUT2D eigenvalue weighted by atomic mass is 19.4. The number of carbonyl (C=O) groups excluding carboxylic acids is 1. The number of nitrogens with two attached hydrogens (primary N) is 1. The molecule has 0 spiro atoms. The Bertz CT molecular complexity index is 2100. The Morgan fingerprint density at radius 2 is 1.29 bits per heavy atom. The third-order valence-electron chi connectivity index (χ3n) is 11.7. The third-order valence-corrected chi connectivity index (χ3v) is 11.7. The van der Waals surface area contributed by atoms with Gasteiger partial charge in [-0.3, -0.25) is 4.90 Å². The molecule has 4 aromatic rings. The van der Waals surface area contributed by atoms with E-state index in [2.05, 4.69) is 40.4 Å². The predicted octanol–water partition coefficient (Wildman–Crippen LogP) is 8.27. The van der Waals surface area contributed by atoms with Gasteiger partial charge in [0.15, 0.2) is 23.3 Å². The minimum Gasteiger partial charge on any atom is -0.365 e. The molecule has 2 atom stereocenters. The molecule has 2 amide bonds. The lowest BCUT2D eigenvalue weighted by Gasteiger charge is -2.36. The molecule has 4 aliphatic heterocycles. The quantitative estimate of drug-likeness (QED) is 0.175. The van der Waals surface area contributed by atoms with E-state index < -0.39 is 23.5 Å². The van der Waals surface area contributed by atoms with E-state index in [4.69, 9.17) is 5.73 Å². The van der Waals surface area contributed by atoms with Gasteiger partial charge in [-0.25, -0.2) is 24.7 Å². The van der Waals surface area contributed by atoms with Crippen LogP contribution < -0.4 is 31.1 Å². The Labute approximate surface area is 332 Å². The van der Waals surface area contributed by atoms with Crippen molar-refractivity contribution in [3.05, 3.63) is 72.1 Å². The first-order valence-electron chi connectivity index (χ1n) is 20.0.